The molecule has 2 rings (SSSR count). The van der Waals surface area contributed by atoms with Crippen LogP contribution in [0.4, 0.5) is 0 Å². The molecule has 1 aliphatic heterocycles. The molecule has 0 atom stereocenters. The van der Waals surface area contributed by atoms with Crippen molar-refractivity contribution in [3.63, 3.8) is 0 Å². The molecule has 0 aromatic heterocycles. The number of likely N-dealkylation sites (tertiary alicyclic amines) is 1. The first-order chi connectivity index (χ1) is 8.46. The maximum Gasteiger partial charge on any atom is 0.252 e. The first-order valence-corrected chi connectivity index (χ1v) is 7.92. The Labute approximate surface area is 108 Å². The summed E-state index contributed by atoms with van der Waals surface area (Å²) in [7, 11) is -3.37. The zero-order chi connectivity index (χ0) is 13.2. The van der Waals surface area contributed by atoms with Gasteiger partial charge in [-0.05, 0) is 19.8 Å². The van der Waals surface area contributed by atoms with E-state index in [2.05, 4.69) is 4.40 Å². The summed E-state index contributed by atoms with van der Waals surface area (Å²) in [5.41, 5.74) is 2.02. The summed E-state index contributed by atoms with van der Waals surface area (Å²) >= 11 is 0. The van der Waals surface area contributed by atoms with Crippen LogP contribution in [0, 0.1) is 6.92 Å². The molecule has 0 spiro atoms. The van der Waals surface area contributed by atoms with Crippen LogP contribution in [0.5, 0.6) is 0 Å². The predicted molar refractivity (Wildman–Crippen MR) is 73.4 cm³/mol. The van der Waals surface area contributed by atoms with E-state index in [4.69, 9.17) is 0 Å². The standard InChI is InChI=1S/C13H18N2O2S/c1-11-5-7-12(8-6-11)13(14-18(2,16)17)15-9-3-4-10-15/h5-8H,3-4,9-10H2,1-2H3/b14-13-. The molecule has 1 heterocycles. The van der Waals surface area contributed by atoms with Crippen LogP contribution in [-0.4, -0.2) is 38.5 Å². The fraction of sp³-hybridized carbons (Fsp3) is 0.462. The Bertz CT molecular complexity index is 541. The van der Waals surface area contributed by atoms with Gasteiger partial charge in [-0.2, -0.15) is 0 Å². The number of nitrogens with zero attached hydrogens (tertiary/aromatic N) is 2. The minimum absolute atomic E-state index is 0.579. The molecule has 1 saturated heterocycles. The molecule has 0 N–H and O–H groups in total. The van der Waals surface area contributed by atoms with Crippen LogP contribution in [-0.2, 0) is 10.0 Å². The molecular weight excluding hydrogens is 248 g/mol. The molecule has 4 nitrogen and oxygen atoms in total. The van der Waals surface area contributed by atoms with E-state index in [0.29, 0.717) is 5.84 Å². The minimum atomic E-state index is -3.37. The average Bonchev–Trinajstić information content (AvgIpc) is 2.79. The van der Waals surface area contributed by atoms with Crippen molar-refractivity contribution in [2.75, 3.05) is 19.3 Å². The van der Waals surface area contributed by atoms with Crippen molar-refractivity contribution in [3.05, 3.63) is 35.4 Å². The van der Waals surface area contributed by atoms with Gasteiger partial charge in [0.25, 0.3) is 10.0 Å². The molecule has 0 bridgehead atoms. The normalized spacial score (nSPS) is 17.2. The second kappa shape index (κ2) is 5.10. The van der Waals surface area contributed by atoms with Crippen LogP contribution in [0.3, 0.4) is 0 Å². The molecule has 0 saturated carbocycles. The highest BCUT2D eigenvalue weighted by Gasteiger charge is 2.19. The second-order valence-corrected chi connectivity index (χ2v) is 6.36. The van der Waals surface area contributed by atoms with Crippen LogP contribution in [0.2, 0.25) is 0 Å². The molecule has 18 heavy (non-hydrogen) atoms. The van der Waals surface area contributed by atoms with Crippen LogP contribution in [0.25, 0.3) is 0 Å². The highest BCUT2D eigenvalue weighted by atomic mass is 32.2. The minimum Gasteiger partial charge on any atom is -0.355 e. The maximum atomic E-state index is 11.4. The Morgan fingerprint density at radius 1 is 1.17 bits per heavy atom. The first-order valence-electron chi connectivity index (χ1n) is 6.08. The number of benzene rings is 1. The zero-order valence-corrected chi connectivity index (χ0v) is 11.6. The van der Waals surface area contributed by atoms with Crippen molar-refractivity contribution < 1.29 is 8.42 Å². The molecule has 1 aliphatic rings. The largest absolute Gasteiger partial charge is 0.355 e. The highest BCUT2D eigenvalue weighted by Crippen LogP contribution is 2.15. The summed E-state index contributed by atoms with van der Waals surface area (Å²) in [6.07, 6.45) is 3.32. The molecule has 0 radical (unpaired) electrons. The Morgan fingerprint density at radius 3 is 2.22 bits per heavy atom. The average molecular weight is 266 g/mol. The lowest BCUT2D eigenvalue weighted by Gasteiger charge is -2.19. The third-order valence-corrected chi connectivity index (χ3v) is 3.47. The van der Waals surface area contributed by atoms with E-state index in [1.54, 1.807) is 0 Å². The fourth-order valence-corrected chi connectivity index (χ4v) is 2.62. The Kier molecular flexibility index (Phi) is 3.71. The van der Waals surface area contributed by atoms with Gasteiger partial charge in [-0.1, -0.05) is 29.8 Å². The maximum absolute atomic E-state index is 11.4. The van der Waals surface area contributed by atoms with Gasteiger partial charge >= 0.3 is 0 Å². The van der Waals surface area contributed by atoms with Gasteiger partial charge < -0.3 is 4.90 Å². The van der Waals surface area contributed by atoms with Gasteiger partial charge in [-0.3, -0.25) is 0 Å². The van der Waals surface area contributed by atoms with Gasteiger partial charge in [0.1, 0.15) is 5.84 Å². The lowest BCUT2D eigenvalue weighted by atomic mass is 10.1. The second-order valence-electron chi connectivity index (χ2n) is 4.71. The van der Waals surface area contributed by atoms with Crippen LogP contribution in [0.1, 0.15) is 24.0 Å². The fourth-order valence-electron chi connectivity index (χ4n) is 2.08. The summed E-state index contributed by atoms with van der Waals surface area (Å²) in [6.45, 7) is 3.76. The number of sulfonamides is 1. The van der Waals surface area contributed by atoms with E-state index in [1.807, 2.05) is 36.1 Å². The van der Waals surface area contributed by atoms with Crippen molar-refractivity contribution in [2.45, 2.75) is 19.8 Å². The van der Waals surface area contributed by atoms with Gasteiger partial charge in [-0.15, -0.1) is 4.40 Å². The molecule has 1 fully saturated rings. The van der Waals surface area contributed by atoms with Gasteiger partial charge in [0.15, 0.2) is 0 Å². The Balaban J connectivity index is 2.41. The number of rotatable bonds is 2. The third-order valence-electron chi connectivity index (χ3n) is 2.97. The molecular formula is C13H18N2O2S. The summed E-state index contributed by atoms with van der Waals surface area (Å²) in [6, 6.07) is 7.81. The van der Waals surface area contributed by atoms with E-state index in [-0.39, 0.29) is 0 Å². The van der Waals surface area contributed by atoms with E-state index in [9.17, 15) is 8.42 Å². The number of amidine groups is 1. The van der Waals surface area contributed by atoms with Crippen molar-refractivity contribution in [2.24, 2.45) is 4.40 Å². The van der Waals surface area contributed by atoms with Gasteiger partial charge in [-0.25, -0.2) is 8.42 Å². The van der Waals surface area contributed by atoms with E-state index in [0.717, 1.165) is 43.3 Å². The monoisotopic (exact) mass is 266 g/mol. The molecule has 5 heteroatoms. The Morgan fingerprint density at radius 2 is 1.72 bits per heavy atom. The lowest BCUT2D eigenvalue weighted by molar-refractivity contribution is 0.520. The molecule has 98 valence electrons. The SMILES string of the molecule is Cc1ccc(/C(=N/S(C)(=O)=O)N2CCCC2)cc1. The van der Waals surface area contributed by atoms with Crippen molar-refractivity contribution >= 4 is 15.9 Å². The van der Waals surface area contributed by atoms with Crippen LogP contribution < -0.4 is 0 Å². The topological polar surface area (TPSA) is 49.7 Å². The van der Waals surface area contributed by atoms with E-state index in [1.165, 1.54) is 0 Å². The highest BCUT2D eigenvalue weighted by molar-refractivity contribution is 7.89. The summed E-state index contributed by atoms with van der Waals surface area (Å²) in [5, 5.41) is 0. The summed E-state index contributed by atoms with van der Waals surface area (Å²) in [4.78, 5) is 2.05. The van der Waals surface area contributed by atoms with Crippen LogP contribution in [0.15, 0.2) is 28.7 Å². The lowest BCUT2D eigenvalue weighted by Crippen LogP contribution is -2.29. The summed E-state index contributed by atoms with van der Waals surface area (Å²) in [5.74, 6) is 0.579. The zero-order valence-electron chi connectivity index (χ0n) is 10.8. The van der Waals surface area contributed by atoms with Crippen molar-refractivity contribution in [1.82, 2.24) is 4.90 Å². The molecule has 0 aliphatic carbocycles. The van der Waals surface area contributed by atoms with Gasteiger partial charge in [0, 0.05) is 18.7 Å². The Hall–Kier alpha value is -1.36. The quantitative estimate of drug-likeness (QED) is 0.606. The first kappa shape index (κ1) is 13.1. The van der Waals surface area contributed by atoms with E-state index < -0.39 is 10.0 Å². The molecule has 1 aromatic carbocycles. The van der Waals surface area contributed by atoms with Gasteiger partial charge in [0.05, 0.1) is 6.26 Å². The number of hydrogen-bond donors (Lipinski definition) is 0. The molecule has 0 unspecified atom stereocenters. The smallest absolute Gasteiger partial charge is 0.252 e. The van der Waals surface area contributed by atoms with E-state index >= 15 is 0 Å². The molecule has 0 amide bonds. The third kappa shape index (κ3) is 3.32. The number of hydrogen-bond acceptors (Lipinski definition) is 2. The van der Waals surface area contributed by atoms with Crippen LogP contribution >= 0.6 is 0 Å². The number of aryl methyl sites for hydroxylation is 1. The molecule has 1 aromatic rings. The predicted octanol–water partition coefficient (Wildman–Crippen LogP) is 1.80. The van der Waals surface area contributed by atoms with Crippen molar-refractivity contribution in [3.8, 4) is 0 Å². The van der Waals surface area contributed by atoms with Gasteiger partial charge in [0.2, 0.25) is 0 Å². The van der Waals surface area contributed by atoms with Crippen molar-refractivity contribution in [1.29, 1.82) is 0 Å². The summed E-state index contributed by atoms with van der Waals surface area (Å²) < 4.78 is 26.8.